The second-order valence-electron chi connectivity index (χ2n) is 7.11. The van der Waals surface area contributed by atoms with Crippen LogP contribution in [0, 0.1) is 0 Å². The Bertz CT molecular complexity index is 922. The fraction of sp³-hybridized carbons (Fsp3) is 0.261. The second-order valence-corrected chi connectivity index (χ2v) is 8.09. The van der Waals surface area contributed by atoms with Crippen LogP contribution in [0.25, 0.3) is 0 Å². The molecule has 1 amide bonds. The minimum absolute atomic E-state index is 0.0407. The number of hydrogen-bond donors (Lipinski definition) is 2. The van der Waals surface area contributed by atoms with Crippen LogP contribution in [-0.4, -0.2) is 26.1 Å². The smallest absolute Gasteiger partial charge is 0.251 e. The third-order valence-corrected chi connectivity index (χ3v) is 6.44. The van der Waals surface area contributed by atoms with Crippen molar-refractivity contribution in [1.82, 2.24) is 5.32 Å². The number of methoxy groups -OCH3 is 1. The molecule has 0 bridgehead atoms. The number of carbonyl (C=O) groups is 1. The van der Waals surface area contributed by atoms with Crippen molar-refractivity contribution in [1.29, 1.82) is 0 Å². The minimum atomic E-state index is -0.0407. The van der Waals surface area contributed by atoms with Gasteiger partial charge >= 0.3 is 0 Å². The average molecular weight is 394 g/mol. The van der Waals surface area contributed by atoms with E-state index in [9.17, 15) is 4.79 Å². The van der Waals surface area contributed by atoms with Gasteiger partial charge in [0.25, 0.3) is 5.91 Å². The molecule has 1 aliphatic heterocycles. The van der Waals surface area contributed by atoms with Crippen LogP contribution in [0.15, 0.2) is 66.0 Å². The number of thiophene rings is 1. The van der Waals surface area contributed by atoms with E-state index in [1.165, 1.54) is 20.9 Å². The molecule has 3 aromatic rings. The first kappa shape index (κ1) is 18.7. The molecule has 0 saturated heterocycles. The lowest BCUT2D eigenvalue weighted by Gasteiger charge is -2.32. The Morgan fingerprint density at radius 3 is 2.61 bits per heavy atom. The maximum absolute atomic E-state index is 12.6. The van der Waals surface area contributed by atoms with Crippen molar-refractivity contribution in [3.8, 4) is 5.75 Å². The van der Waals surface area contributed by atoms with Gasteiger partial charge < -0.3 is 15.0 Å². The van der Waals surface area contributed by atoms with E-state index < -0.39 is 0 Å². The lowest BCUT2D eigenvalue weighted by molar-refractivity contribution is -0.945. The number of benzene rings is 2. The zero-order valence-corrected chi connectivity index (χ0v) is 16.8. The quantitative estimate of drug-likeness (QED) is 0.676. The van der Waals surface area contributed by atoms with E-state index in [-0.39, 0.29) is 11.9 Å². The molecular weight excluding hydrogens is 368 g/mol. The summed E-state index contributed by atoms with van der Waals surface area (Å²) in [5.41, 5.74) is 3.54. The lowest BCUT2D eigenvalue weighted by atomic mass is 9.98. The van der Waals surface area contributed by atoms with Gasteiger partial charge in [0.15, 0.2) is 0 Å². The standard InChI is InChI=1S/C23H24N2O2S/c1-27-20-10-8-18(9-11-20)23(26)24-15-21(22-7-4-14-28-22)25-13-12-17-5-2-3-6-19(17)16-25/h2-11,14,21H,12-13,15-16H2,1H3,(H,24,26)/p+1/t21-/m1/s1. The van der Waals surface area contributed by atoms with Gasteiger partial charge in [-0.05, 0) is 41.3 Å². The number of quaternary nitrogens is 1. The average Bonchev–Trinajstić information content (AvgIpc) is 3.28. The fourth-order valence-corrected chi connectivity index (χ4v) is 4.76. The first-order chi connectivity index (χ1) is 13.7. The van der Waals surface area contributed by atoms with Crippen molar-refractivity contribution in [2.24, 2.45) is 0 Å². The van der Waals surface area contributed by atoms with E-state index in [0.717, 1.165) is 25.3 Å². The Morgan fingerprint density at radius 2 is 1.89 bits per heavy atom. The predicted octanol–water partition coefficient (Wildman–Crippen LogP) is 2.87. The summed E-state index contributed by atoms with van der Waals surface area (Å²) >= 11 is 1.77. The topological polar surface area (TPSA) is 42.8 Å². The molecule has 2 aromatic carbocycles. The number of fused-ring (bicyclic) bond motifs is 1. The Labute approximate surface area is 169 Å². The maximum atomic E-state index is 12.6. The van der Waals surface area contributed by atoms with Gasteiger partial charge in [-0.1, -0.05) is 30.3 Å². The van der Waals surface area contributed by atoms with E-state index in [0.29, 0.717) is 12.1 Å². The Kier molecular flexibility index (Phi) is 5.74. The summed E-state index contributed by atoms with van der Waals surface area (Å²) in [6.45, 7) is 2.71. The van der Waals surface area contributed by atoms with Gasteiger partial charge in [-0.15, -0.1) is 11.3 Å². The van der Waals surface area contributed by atoms with Crippen molar-refractivity contribution in [3.05, 3.63) is 87.6 Å². The highest BCUT2D eigenvalue weighted by atomic mass is 32.1. The molecule has 0 saturated carbocycles. The van der Waals surface area contributed by atoms with Crippen molar-refractivity contribution in [2.45, 2.75) is 19.0 Å². The highest BCUT2D eigenvalue weighted by Crippen LogP contribution is 2.19. The minimum Gasteiger partial charge on any atom is -0.497 e. The van der Waals surface area contributed by atoms with Gasteiger partial charge in [-0.3, -0.25) is 4.79 Å². The van der Waals surface area contributed by atoms with E-state index in [1.54, 1.807) is 30.6 Å². The maximum Gasteiger partial charge on any atom is 0.251 e. The van der Waals surface area contributed by atoms with Crippen molar-refractivity contribution < 1.29 is 14.4 Å². The van der Waals surface area contributed by atoms with Crippen LogP contribution >= 0.6 is 11.3 Å². The Morgan fingerprint density at radius 1 is 1.11 bits per heavy atom. The molecule has 5 heteroatoms. The highest BCUT2D eigenvalue weighted by Gasteiger charge is 2.29. The van der Waals surface area contributed by atoms with Gasteiger partial charge in [0.2, 0.25) is 0 Å². The summed E-state index contributed by atoms with van der Waals surface area (Å²) in [5.74, 6) is 0.713. The van der Waals surface area contributed by atoms with Crippen LogP contribution in [0.5, 0.6) is 5.75 Å². The van der Waals surface area contributed by atoms with Crippen LogP contribution in [0.3, 0.4) is 0 Å². The number of nitrogens with one attached hydrogen (secondary N) is 2. The number of hydrogen-bond acceptors (Lipinski definition) is 3. The van der Waals surface area contributed by atoms with E-state index >= 15 is 0 Å². The zero-order chi connectivity index (χ0) is 19.3. The molecule has 1 aliphatic rings. The SMILES string of the molecule is COc1ccc(C(=O)NC[C@H](c2cccs2)[NH+]2CCc3ccccc3C2)cc1. The fourth-order valence-electron chi connectivity index (χ4n) is 3.87. The molecule has 2 heterocycles. The number of rotatable bonds is 6. The van der Waals surface area contributed by atoms with Gasteiger partial charge in [0.1, 0.15) is 18.3 Å². The van der Waals surface area contributed by atoms with Crippen molar-refractivity contribution >= 4 is 17.2 Å². The summed E-state index contributed by atoms with van der Waals surface area (Å²) in [7, 11) is 1.63. The Hall–Kier alpha value is -2.63. The van der Waals surface area contributed by atoms with Crippen molar-refractivity contribution in [3.63, 3.8) is 0 Å². The van der Waals surface area contributed by atoms with Crippen LogP contribution in [0.2, 0.25) is 0 Å². The van der Waals surface area contributed by atoms with E-state index in [2.05, 4.69) is 47.1 Å². The molecule has 1 aromatic heterocycles. The molecule has 1 unspecified atom stereocenters. The molecule has 0 radical (unpaired) electrons. The third kappa shape index (κ3) is 4.11. The van der Waals surface area contributed by atoms with E-state index in [1.807, 2.05) is 12.1 Å². The van der Waals surface area contributed by atoms with Gasteiger partial charge in [-0.2, -0.15) is 0 Å². The molecular formula is C23H25N2O2S+. The lowest BCUT2D eigenvalue weighted by Crippen LogP contribution is -3.12. The molecule has 0 aliphatic carbocycles. The second kappa shape index (κ2) is 8.59. The summed E-state index contributed by atoms with van der Waals surface area (Å²) in [6, 6.07) is 20.5. The molecule has 2 N–H and O–H groups in total. The highest BCUT2D eigenvalue weighted by molar-refractivity contribution is 7.10. The molecule has 4 nitrogen and oxygen atoms in total. The molecule has 144 valence electrons. The normalized spacial score (nSPS) is 16.8. The van der Waals surface area contributed by atoms with Gasteiger partial charge in [0, 0.05) is 17.5 Å². The van der Waals surface area contributed by atoms with E-state index in [4.69, 9.17) is 4.74 Å². The molecule has 0 spiro atoms. The number of carbonyl (C=O) groups excluding carboxylic acids is 1. The summed E-state index contributed by atoms with van der Waals surface area (Å²) in [5, 5.41) is 5.27. The predicted molar refractivity (Wildman–Crippen MR) is 112 cm³/mol. The van der Waals surface area contributed by atoms with Gasteiger partial charge in [-0.25, -0.2) is 0 Å². The number of ether oxygens (including phenoxy) is 1. The molecule has 0 fully saturated rings. The van der Waals surface area contributed by atoms with Crippen LogP contribution in [0.1, 0.15) is 32.4 Å². The molecule has 2 atom stereocenters. The number of amides is 1. The zero-order valence-electron chi connectivity index (χ0n) is 16.0. The monoisotopic (exact) mass is 393 g/mol. The molecule has 4 rings (SSSR count). The first-order valence-corrected chi connectivity index (χ1v) is 10.5. The van der Waals surface area contributed by atoms with Crippen LogP contribution in [-0.2, 0) is 13.0 Å². The van der Waals surface area contributed by atoms with Crippen molar-refractivity contribution in [2.75, 3.05) is 20.2 Å². The Balaban J connectivity index is 1.47. The molecule has 28 heavy (non-hydrogen) atoms. The summed E-state index contributed by atoms with van der Waals surface area (Å²) < 4.78 is 5.17. The largest absolute Gasteiger partial charge is 0.497 e. The summed E-state index contributed by atoms with van der Waals surface area (Å²) in [6.07, 6.45) is 1.08. The van der Waals surface area contributed by atoms with Gasteiger partial charge in [0.05, 0.1) is 25.1 Å². The first-order valence-electron chi connectivity index (χ1n) is 9.61. The third-order valence-electron chi connectivity index (χ3n) is 5.45. The van der Waals surface area contributed by atoms with Crippen LogP contribution in [0.4, 0.5) is 0 Å². The summed E-state index contributed by atoms with van der Waals surface area (Å²) in [4.78, 5) is 15.5. The van der Waals surface area contributed by atoms with Crippen LogP contribution < -0.4 is 15.0 Å².